The van der Waals surface area contributed by atoms with Crippen LogP contribution in [-0.4, -0.2) is 23.7 Å². The van der Waals surface area contributed by atoms with Gasteiger partial charge < -0.3 is 9.84 Å². The van der Waals surface area contributed by atoms with E-state index in [9.17, 15) is 9.59 Å². The fourth-order valence-electron chi connectivity index (χ4n) is 1.38. The first-order chi connectivity index (χ1) is 9.65. The van der Waals surface area contributed by atoms with Crippen molar-refractivity contribution in [1.82, 2.24) is 0 Å². The summed E-state index contributed by atoms with van der Waals surface area (Å²) in [5, 5.41) is 8.88. The molecule has 4 nitrogen and oxygen atoms in total. The molecule has 0 radical (unpaired) electrons. The minimum Gasteiger partial charge on any atom is -0.477 e. The molecule has 0 bridgehead atoms. The standard InChI is InChI=1S/C16H16O4/c1-2-20-16(19)14(15(17)18)12-8-4-7-11-13-9-5-3-6-10-13/h3-12H,2H2,1H3,(H,17,18). The Hall–Kier alpha value is -2.62. The van der Waals surface area contributed by atoms with Gasteiger partial charge in [0.05, 0.1) is 6.61 Å². The van der Waals surface area contributed by atoms with Crippen LogP contribution in [0.5, 0.6) is 0 Å². The maximum absolute atomic E-state index is 11.3. The Balaban J connectivity index is 2.68. The topological polar surface area (TPSA) is 63.6 Å². The third-order valence-electron chi connectivity index (χ3n) is 2.30. The van der Waals surface area contributed by atoms with E-state index in [1.807, 2.05) is 36.4 Å². The number of ether oxygens (including phenoxy) is 1. The van der Waals surface area contributed by atoms with E-state index in [0.717, 1.165) is 5.56 Å². The lowest BCUT2D eigenvalue weighted by molar-refractivity contribution is -0.143. The van der Waals surface area contributed by atoms with Gasteiger partial charge in [0.15, 0.2) is 0 Å². The Morgan fingerprint density at radius 3 is 2.45 bits per heavy atom. The number of carbonyl (C=O) groups is 2. The molecule has 1 aromatic carbocycles. The SMILES string of the molecule is CCOC(=O)C(=CC=CC=Cc1ccccc1)C(=O)O. The Kier molecular flexibility index (Phi) is 6.54. The van der Waals surface area contributed by atoms with Crippen LogP contribution >= 0.6 is 0 Å². The summed E-state index contributed by atoms with van der Waals surface area (Å²) in [6.07, 6.45) is 7.98. The number of carbonyl (C=O) groups excluding carboxylic acids is 1. The van der Waals surface area contributed by atoms with E-state index in [4.69, 9.17) is 5.11 Å². The lowest BCUT2D eigenvalue weighted by atomic mass is 10.2. The van der Waals surface area contributed by atoms with Crippen molar-refractivity contribution in [2.75, 3.05) is 6.61 Å². The molecule has 4 heteroatoms. The number of carboxylic acids is 1. The normalized spacial score (nSPS) is 11.9. The lowest BCUT2D eigenvalue weighted by Gasteiger charge is -2.00. The third-order valence-corrected chi connectivity index (χ3v) is 2.30. The molecule has 0 amide bonds. The zero-order valence-electron chi connectivity index (χ0n) is 11.2. The highest BCUT2D eigenvalue weighted by Gasteiger charge is 2.16. The van der Waals surface area contributed by atoms with Gasteiger partial charge in [-0.15, -0.1) is 0 Å². The molecule has 0 aliphatic rings. The Morgan fingerprint density at radius 2 is 1.85 bits per heavy atom. The largest absolute Gasteiger partial charge is 0.477 e. The van der Waals surface area contributed by atoms with Crippen LogP contribution in [0.2, 0.25) is 0 Å². The molecule has 0 atom stereocenters. The molecule has 20 heavy (non-hydrogen) atoms. The first-order valence-electron chi connectivity index (χ1n) is 6.15. The van der Waals surface area contributed by atoms with Gasteiger partial charge in [0.1, 0.15) is 5.57 Å². The van der Waals surface area contributed by atoms with E-state index in [1.54, 1.807) is 19.1 Å². The molecule has 104 valence electrons. The number of allylic oxidation sites excluding steroid dienone is 4. The molecule has 0 unspecified atom stereocenters. The summed E-state index contributed by atoms with van der Waals surface area (Å²) in [7, 11) is 0. The van der Waals surface area contributed by atoms with Crippen molar-refractivity contribution >= 4 is 18.0 Å². The quantitative estimate of drug-likeness (QED) is 0.284. The van der Waals surface area contributed by atoms with Gasteiger partial charge in [0.25, 0.3) is 0 Å². The maximum atomic E-state index is 11.3. The third kappa shape index (κ3) is 5.35. The Morgan fingerprint density at radius 1 is 1.15 bits per heavy atom. The van der Waals surface area contributed by atoms with Crippen molar-refractivity contribution in [2.45, 2.75) is 6.92 Å². The van der Waals surface area contributed by atoms with Crippen LogP contribution in [0.4, 0.5) is 0 Å². The summed E-state index contributed by atoms with van der Waals surface area (Å²) in [4.78, 5) is 22.2. The van der Waals surface area contributed by atoms with Crippen LogP contribution in [0.15, 0.2) is 60.2 Å². The van der Waals surface area contributed by atoms with Gasteiger partial charge in [0.2, 0.25) is 0 Å². The summed E-state index contributed by atoms with van der Waals surface area (Å²) < 4.78 is 4.65. The molecular formula is C16H16O4. The smallest absolute Gasteiger partial charge is 0.345 e. The predicted molar refractivity (Wildman–Crippen MR) is 77.0 cm³/mol. The fraction of sp³-hybridized carbons (Fsp3) is 0.125. The Labute approximate surface area is 117 Å². The van der Waals surface area contributed by atoms with Gasteiger partial charge in [-0.05, 0) is 18.6 Å². The summed E-state index contributed by atoms with van der Waals surface area (Å²) in [6.45, 7) is 1.76. The van der Waals surface area contributed by atoms with Gasteiger partial charge >= 0.3 is 11.9 Å². The molecule has 1 rings (SSSR count). The van der Waals surface area contributed by atoms with Gasteiger partial charge in [-0.1, -0.05) is 54.6 Å². The number of hydrogen-bond acceptors (Lipinski definition) is 3. The minimum absolute atomic E-state index is 0.140. The molecule has 1 N–H and O–H groups in total. The van der Waals surface area contributed by atoms with E-state index in [1.165, 1.54) is 12.2 Å². The Bertz CT molecular complexity index is 539. The van der Waals surface area contributed by atoms with Crippen molar-refractivity contribution in [1.29, 1.82) is 0 Å². The molecule has 0 fully saturated rings. The van der Waals surface area contributed by atoms with Crippen LogP contribution in [0.1, 0.15) is 12.5 Å². The van der Waals surface area contributed by atoms with Crippen molar-refractivity contribution in [3.63, 3.8) is 0 Å². The molecule has 0 saturated carbocycles. The van der Waals surface area contributed by atoms with E-state index in [2.05, 4.69) is 4.74 Å². The predicted octanol–water partition coefficient (Wildman–Crippen LogP) is 2.83. The number of rotatable bonds is 6. The van der Waals surface area contributed by atoms with E-state index >= 15 is 0 Å². The van der Waals surface area contributed by atoms with Crippen LogP contribution < -0.4 is 0 Å². The molecule has 1 aromatic rings. The lowest BCUT2D eigenvalue weighted by Crippen LogP contribution is -2.15. The fourth-order valence-corrected chi connectivity index (χ4v) is 1.38. The van der Waals surface area contributed by atoms with Gasteiger partial charge in [0, 0.05) is 0 Å². The first kappa shape index (κ1) is 15.4. The second-order valence-electron chi connectivity index (χ2n) is 3.76. The van der Waals surface area contributed by atoms with Gasteiger partial charge in [-0.3, -0.25) is 0 Å². The summed E-state index contributed by atoms with van der Waals surface area (Å²) in [5.74, 6) is -2.14. The summed E-state index contributed by atoms with van der Waals surface area (Å²) >= 11 is 0. The number of esters is 1. The van der Waals surface area contributed by atoms with Crippen molar-refractivity contribution in [2.24, 2.45) is 0 Å². The molecule has 0 heterocycles. The van der Waals surface area contributed by atoms with E-state index in [-0.39, 0.29) is 6.61 Å². The number of hydrogen-bond donors (Lipinski definition) is 1. The van der Waals surface area contributed by atoms with E-state index < -0.39 is 17.5 Å². The molecule has 0 aliphatic heterocycles. The highest BCUT2D eigenvalue weighted by Crippen LogP contribution is 2.02. The second-order valence-corrected chi connectivity index (χ2v) is 3.76. The van der Waals surface area contributed by atoms with Gasteiger partial charge in [-0.25, -0.2) is 9.59 Å². The van der Waals surface area contributed by atoms with Crippen LogP contribution in [0.25, 0.3) is 6.08 Å². The van der Waals surface area contributed by atoms with Gasteiger partial charge in [-0.2, -0.15) is 0 Å². The second kappa shape index (κ2) is 8.48. The average Bonchev–Trinajstić information content (AvgIpc) is 2.43. The highest BCUT2D eigenvalue weighted by atomic mass is 16.5. The highest BCUT2D eigenvalue weighted by molar-refractivity contribution is 6.13. The summed E-state index contributed by atoms with van der Waals surface area (Å²) in [6, 6.07) is 9.66. The maximum Gasteiger partial charge on any atom is 0.345 e. The van der Waals surface area contributed by atoms with E-state index in [0.29, 0.717) is 0 Å². The molecule has 0 aliphatic carbocycles. The van der Waals surface area contributed by atoms with Crippen molar-refractivity contribution in [3.05, 3.63) is 65.8 Å². The summed E-state index contributed by atoms with van der Waals surface area (Å²) in [5.41, 5.74) is 0.640. The van der Waals surface area contributed by atoms with Crippen LogP contribution in [0.3, 0.4) is 0 Å². The molecule has 0 spiro atoms. The first-order valence-corrected chi connectivity index (χ1v) is 6.15. The number of aliphatic carboxylic acids is 1. The van der Waals surface area contributed by atoms with Crippen molar-refractivity contribution < 1.29 is 19.4 Å². The minimum atomic E-state index is -1.31. The monoisotopic (exact) mass is 272 g/mol. The average molecular weight is 272 g/mol. The van der Waals surface area contributed by atoms with Crippen molar-refractivity contribution in [3.8, 4) is 0 Å². The number of benzene rings is 1. The molecule has 0 saturated heterocycles. The molecule has 0 aromatic heterocycles. The zero-order chi connectivity index (χ0) is 14.8. The zero-order valence-corrected chi connectivity index (χ0v) is 11.2. The van der Waals surface area contributed by atoms with Crippen LogP contribution in [-0.2, 0) is 14.3 Å². The van der Waals surface area contributed by atoms with Crippen LogP contribution in [0, 0.1) is 0 Å². The molecular weight excluding hydrogens is 256 g/mol. The number of carboxylic acid groups (broad SMARTS) is 1.